The van der Waals surface area contributed by atoms with Crippen molar-refractivity contribution in [2.24, 2.45) is 75.4 Å². The average molecular weight is 385 g/mol. The van der Waals surface area contributed by atoms with Crippen LogP contribution in [0.5, 0.6) is 0 Å². The van der Waals surface area contributed by atoms with Crippen molar-refractivity contribution in [3.05, 3.63) is 0 Å². The highest BCUT2D eigenvalue weighted by atomic mass is 14.8. The molecule has 0 aromatic rings. The minimum atomic E-state index is 0.613. The maximum Gasteiger partial charge on any atom is -0.0207 e. The van der Waals surface area contributed by atoms with E-state index in [4.69, 9.17) is 0 Å². The second-order valence-corrected chi connectivity index (χ2v) is 13.7. The van der Waals surface area contributed by atoms with E-state index in [1.165, 1.54) is 25.7 Å². The third-order valence-corrected chi connectivity index (χ3v) is 12.5. The summed E-state index contributed by atoms with van der Waals surface area (Å²) in [5.74, 6) is 10.4. The lowest BCUT2D eigenvalue weighted by Crippen LogP contribution is -2.58. The Morgan fingerprint density at radius 3 is 2.04 bits per heavy atom. The average Bonchev–Trinajstić information content (AvgIpc) is 3.46. The summed E-state index contributed by atoms with van der Waals surface area (Å²) in [5, 5.41) is 0. The van der Waals surface area contributed by atoms with Gasteiger partial charge in [0.15, 0.2) is 0 Å². The van der Waals surface area contributed by atoms with Gasteiger partial charge in [0.1, 0.15) is 0 Å². The quantitative estimate of drug-likeness (QED) is 0.397. The summed E-state index contributed by atoms with van der Waals surface area (Å²) in [6.45, 7) is 20.5. The lowest BCUT2D eigenvalue weighted by molar-refractivity contribution is -0.155. The molecule has 28 heavy (non-hydrogen) atoms. The lowest BCUT2D eigenvalue weighted by Gasteiger charge is -2.63. The summed E-state index contributed by atoms with van der Waals surface area (Å²) in [6, 6.07) is 0. The van der Waals surface area contributed by atoms with Crippen LogP contribution in [0.4, 0.5) is 0 Å². The maximum absolute atomic E-state index is 2.64. The van der Waals surface area contributed by atoms with Gasteiger partial charge in [-0.1, -0.05) is 74.7 Å². The molecule has 0 N–H and O–H groups in total. The van der Waals surface area contributed by atoms with E-state index in [1.54, 1.807) is 19.3 Å². The van der Waals surface area contributed by atoms with Gasteiger partial charge in [-0.05, 0) is 101 Å². The molecule has 0 bridgehead atoms. The smallest absolute Gasteiger partial charge is 0.0207 e. The van der Waals surface area contributed by atoms with Crippen molar-refractivity contribution in [1.82, 2.24) is 0 Å². The summed E-state index contributed by atoms with van der Waals surface area (Å²) in [5.41, 5.74) is 2.04. The van der Waals surface area contributed by atoms with Crippen LogP contribution < -0.4 is 0 Å². The van der Waals surface area contributed by atoms with Crippen LogP contribution in [-0.4, -0.2) is 0 Å². The predicted molar refractivity (Wildman–Crippen MR) is 120 cm³/mol. The van der Waals surface area contributed by atoms with Crippen LogP contribution >= 0.6 is 0 Å². The lowest BCUT2D eigenvalue weighted by atomic mass is 9.41. The Bertz CT molecular complexity index is 618. The Kier molecular flexibility index (Phi) is 4.30. The molecule has 5 fully saturated rings. The molecule has 0 aromatic heterocycles. The highest BCUT2D eigenvalue weighted by Gasteiger charge is 2.74. The molecule has 160 valence electrons. The molecular formula is C28H48. The van der Waals surface area contributed by atoms with Crippen LogP contribution in [0.3, 0.4) is 0 Å². The largest absolute Gasteiger partial charge is 0.0620 e. The van der Waals surface area contributed by atoms with Crippen LogP contribution in [0.1, 0.15) is 100 Å². The fourth-order valence-corrected chi connectivity index (χ4v) is 9.50. The van der Waals surface area contributed by atoms with Gasteiger partial charge >= 0.3 is 0 Å². The first kappa shape index (κ1) is 19.9. The van der Waals surface area contributed by atoms with Gasteiger partial charge in [-0.15, -0.1) is 0 Å². The molecule has 0 heteroatoms. The van der Waals surface area contributed by atoms with Gasteiger partial charge in [-0.2, -0.15) is 0 Å². The van der Waals surface area contributed by atoms with Crippen molar-refractivity contribution in [2.75, 3.05) is 0 Å². The Balaban J connectivity index is 1.04. The first-order valence-electron chi connectivity index (χ1n) is 13.0. The van der Waals surface area contributed by atoms with Crippen molar-refractivity contribution in [2.45, 2.75) is 100 Å². The molecule has 0 radical (unpaired) electrons. The van der Waals surface area contributed by atoms with Gasteiger partial charge in [0, 0.05) is 0 Å². The molecule has 0 heterocycles. The third-order valence-electron chi connectivity index (χ3n) is 12.5. The Morgan fingerprint density at radius 1 is 0.893 bits per heavy atom. The van der Waals surface area contributed by atoms with Crippen molar-refractivity contribution >= 4 is 0 Å². The van der Waals surface area contributed by atoms with Crippen LogP contribution in [0.15, 0.2) is 0 Å². The highest BCUT2D eigenvalue weighted by molar-refractivity contribution is 5.22. The topological polar surface area (TPSA) is 0 Å². The van der Waals surface area contributed by atoms with E-state index in [-0.39, 0.29) is 0 Å². The molecule has 0 saturated heterocycles. The summed E-state index contributed by atoms with van der Waals surface area (Å²) in [7, 11) is 0. The molecule has 0 amide bonds. The van der Waals surface area contributed by atoms with E-state index in [0.717, 1.165) is 64.6 Å². The second-order valence-electron chi connectivity index (χ2n) is 13.7. The van der Waals surface area contributed by atoms with Crippen molar-refractivity contribution in [1.29, 1.82) is 0 Å². The van der Waals surface area contributed by atoms with E-state index >= 15 is 0 Å². The van der Waals surface area contributed by atoms with Crippen LogP contribution in [0.25, 0.3) is 0 Å². The molecule has 5 rings (SSSR count). The van der Waals surface area contributed by atoms with Crippen LogP contribution in [0, 0.1) is 75.4 Å². The second kappa shape index (κ2) is 6.03. The summed E-state index contributed by atoms with van der Waals surface area (Å²) in [4.78, 5) is 0. The normalized spacial score (nSPS) is 57.4. The van der Waals surface area contributed by atoms with Gasteiger partial charge < -0.3 is 0 Å². The van der Waals surface area contributed by atoms with Crippen LogP contribution in [0.2, 0.25) is 0 Å². The van der Waals surface area contributed by atoms with Gasteiger partial charge in [0.2, 0.25) is 0 Å². The zero-order valence-corrected chi connectivity index (χ0v) is 20.2. The summed E-state index contributed by atoms with van der Waals surface area (Å²) >= 11 is 0. The van der Waals surface area contributed by atoms with E-state index in [2.05, 4.69) is 55.4 Å². The molecule has 0 nitrogen and oxygen atoms in total. The third kappa shape index (κ3) is 2.67. The van der Waals surface area contributed by atoms with E-state index in [9.17, 15) is 0 Å². The van der Waals surface area contributed by atoms with Gasteiger partial charge in [-0.3, -0.25) is 0 Å². The SMILES string of the molecule is CC(C1CC1C1CC1CCCC(C)C1(C)C(C)C2(CC2C)C1C)C1CC1(C)C. The first-order valence-corrected chi connectivity index (χ1v) is 13.0. The Hall–Kier alpha value is 0. The fourth-order valence-electron chi connectivity index (χ4n) is 9.50. The van der Waals surface area contributed by atoms with E-state index < -0.39 is 0 Å². The monoisotopic (exact) mass is 384 g/mol. The Labute approximate surface area is 176 Å². The Morgan fingerprint density at radius 2 is 1.50 bits per heavy atom. The zero-order chi connectivity index (χ0) is 20.2. The number of hydrogen-bond donors (Lipinski definition) is 0. The van der Waals surface area contributed by atoms with Gasteiger partial charge in [-0.25, -0.2) is 0 Å². The van der Waals surface area contributed by atoms with E-state index in [0.29, 0.717) is 10.8 Å². The molecule has 5 aliphatic rings. The van der Waals surface area contributed by atoms with Crippen molar-refractivity contribution in [3.63, 3.8) is 0 Å². The van der Waals surface area contributed by atoms with Crippen molar-refractivity contribution < 1.29 is 0 Å². The molecular weight excluding hydrogens is 336 g/mol. The highest BCUT2D eigenvalue weighted by Crippen LogP contribution is 2.80. The molecule has 1 spiro atoms. The van der Waals surface area contributed by atoms with E-state index in [1.807, 2.05) is 0 Å². The minimum Gasteiger partial charge on any atom is -0.0620 e. The molecule has 5 saturated carbocycles. The molecule has 0 aliphatic heterocycles. The maximum atomic E-state index is 2.64. The summed E-state index contributed by atoms with van der Waals surface area (Å²) in [6.07, 6.45) is 10.7. The molecule has 5 aliphatic carbocycles. The molecule has 10 atom stereocenters. The molecule has 10 unspecified atom stereocenters. The fraction of sp³-hybridized carbons (Fsp3) is 1.00. The minimum absolute atomic E-state index is 0.613. The van der Waals surface area contributed by atoms with Crippen LogP contribution in [-0.2, 0) is 0 Å². The number of rotatable bonds is 8. The standard InChI is InChI=1S/C28H48/c1-16(27(8)19(4)28(20(27)5)14-17(28)2)10-9-11-21-12-23(21)24-13-22(24)18(3)25-15-26(25,6)7/h16-25H,9-15H2,1-8H3. The molecule has 0 aromatic carbocycles. The summed E-state index contributed by atoms with van der Waals surface area (Å²) < 4.78 is 0. The van der Waals surface area contributed by atoms with Gasteiger partial charge in [0.05, 0.1) is 0 Å². The zero-order valence-electron chi connectivity index (χ0n) is 20.2. The van der Waals surface area contributed by atoms with Crippen molar-refractivity contribution in [3.8, 4) is 0 Å². The predicted octanol–water partition coefficient (Wildman–Crippen LogP) is 8.07. The van der Waals surface area contributed by atoms with Gasteiger partial charge in [0.25, 0.3) is 0 Å². The number of hydrogen-bond acceptors (Lipinski definition) is 0. The first-order chi connectivity index (χ1) is 13.0.